The average molecular weight is 497 g/mol. The SMILES string of the molecule is CCCCCCP(CCCC)(CCCC)(CCCC)OP(=O)(OCCCC)OCCCC. The van der Waals surface area contributed by atoms with Crippen LogP contribution in [0.15, 0.2) is 0 Å². The summed E-state index contributed by atoms with van der Waals surface area (Å²) in [5, 5.41) is 0. The van der Waals surface area contributed by atoms with E-state index in [9.17, 15) is 4.57 Å². The van der Waals surface area contributed by atoms with Crippen molar-refractivity contribution in [3.8, 4) is 0 Å². The number of phosphoric acid groups is 1. The molecular weight excluding hydrogens is 438 g/mol. The number of unbranched alkanes of at least 4 members (excludes halogenated alkanes) is 8. The molecule has 0 atom stereocenters. The Morgan fingerprint density at radius 3 is 1.25 bits per heavy atom. The Morgan fingerprint density at radius 2 is 0.875 bits per heavy atom. The third-order valence-corrected chi connectivity index (χ3v) is 16.1. The van der Waals surface area contributed by atoms with Gasteiger partial charge < -0.3 is 0 Å². The van der Waals surface area contributed by atoms with Crippen LogP contribution in [0.1, 0.15) is 131 Å². The molecule has 0 aliphatic heterocycles. The number of rotatable bonds is 24. The first kappa shape index (κ1) is 32.5. The van der Waals surface area contributed by atoms with Gasteiger partial charge in [-0.05, 0) is 0 Å². The van der Waals surface area contributed by atoms with E-state index in [0.29, 0.717) is 13.2 Å². The molecule has 0 aromatic rings. The first-order valence-electron chi connectivity index (χ1n) is 14.0. The van der Waals surface area contributed by atoms with E-state index in [1.165, 1.54) is 25.7 Å². The van der Waals surface area contributed by atoms with Crippen LogP contribution in [-0.2, 0) is 17.9 Å². The van der Waals surface area contributed by atoms with Gasteiger partial charge in [-0.3, -0.25) is 0 Å². The molecule has 0 rings (SSSR count). The van der Waals surface area contributed by atoms with Gasteiger partial charge in [0.25, 0.3) is 0 Å². The molecule has 0 aromatic carbocycles. The van der Waals surface area contributed by atoms with Gasteiger partial charge in [0.15, 0.2) is 0 Å². The number of phosphoric ester groups is 1. The van der Waals surface area contributed by atoms with Crippen molar-refractivity contribution in [1.29, 1.82) is 0 Å². The van der Waals surface area contributed by atoms with E-state index in [1.54, 1.807) is 0 Å². The topological polar surface area (TPSA) is 44.8 Å². The van der Waals surface area contributed by atoms with Gasteiger partial charge in [-0.2, -0.15) is 0 Å². The van der Waals surface area contributed by atoms with Crippen LogP contribution in [0.2, 0.25) is 0 Å². The van der Waals surface area contributed by atoms with Gasteiger partial charge in [0.05, 0.1) is 0 Å². The molecule has 0 bridgehead atoms. The van der Waals surface area contributed by atoms with Gasteiger partial charge in [0.1, 0.15) is 0 Å². The van der Waals surface area contributed by atoms with Crippen molar-refractivity contribution in [3.05, 3.63) is 0 Å². The number of hydrogen-bond acceptors (Lipinski definition) is 4. The summed E-state index contributed by atoms with van der Waals surface area (Å²) in [7, 11) is -3.58. The summed E-state index contributed by atoms with van der Waals surface area (Å²) in [6.07, 6.45) is 19.9. The molecule has 0 heterocycles. The Bertz CT molecular complexity index is 446. The Balaban J connectivity index is 6.16. The van der Waals surface area contributed by atoms with Gasteiger partial charge >= 0.3 is 202 Å². The molecule has 0 unspecified atom stereocenters. The summed E-state index contributed by atoms with van der Waals surface area (Å²) >= 11 is 0. The minimum absolute atomic E-state index is 0.456. The first-order valence-corrected chi connectivity index (χ1v) is 18.4. The van der Waals surface area contributed by atoms with E-state index >= 15 is 0 Å². The minimum atomic E-state index is -3.58. The average Bonchev–Trinajstić information content (AvgIpc) is 2.79. The molecule has 6 heteroatoms. The predicted octanol–water partition coefficient (Wildman–Crippen LogP) is 10.2. The quantitative estimate of drug-likeness (QED) is 0.0984. The van der Waals surface area contributed by atoms with E-state index in [4.69, 9.17) is 13.4 Å². The van der Waals surface area contributed by atoms with Gasteiger partial charge in [-0.15, -0.1) is 0 Å². The maximum atomic E-state index is 14.1. The third kappa shape index (κ3) is 12.9. The van der Waals surface area contributed by atoms with Gasteiger partial charge in [0, 0.05) is 0 Å². The molecule has 4 nitrogen and oxygen atoms in total. The van der Waals surface area contributed by atoms with Crippen molar-refractivity contribution in [2.75, 3.05) is 37.9 Å². The molecule has 0 aliphatic carbocycles. The van der Waals surface area contributed by atoms with Crippen LogP contribution in [0, 0.1) is 0 Å². The molecule has 196 valence electrons. The van der Waals surface area contributed by atoms with Crippen molar-refractivity contribution in [3.63, 3.8) is 0 Å². The van der Waals surface area contributed by atoms with E-state index in [1.807, 2.05) is 0 Å². The molecule has 0 saturated carbocycles. The number of hydrogen-bond donors (Lipinski definition) is 0. The molecule has 0 radical (unpaired) electrons. The zero-order valence-electron chi connectivity index (χ0n) is 22.7. The zero-order valence-corrected chi connectivity index (χ0v) is 24.5. The molecule has 0 saturated heterocycles. The fourth-order valence-corrected chi connectivity index (χ4v) is 14.9. The third-order valence-electron chi connectivity index (χ3n) is 6.63. The van der Waals surface area contributed by atoms with E-state index in [0.717, 1.165) is 88.9 Å². The molecule has 0 N–H and O–H groups in total. The van der Waals surface area contributed by atoms with Crippen LogP contribution in [0.5, 0.6) is 0 Å². The second-order valence-corrected chi connectivity index (χ2v) is 17.3. The Hall–Kier alpha value is 0.540. The van der Waals surface area contributed by atoms with Crippen molar-refractivity contribution in [1.82, 2.24) is 0 Å². The van der Waals surface area contributed by atoms with Crippen molar-refractivity contribution in [2.24, 2.45) is 0 Å². The normalized spacial score (nSPS) is 13.9. The van der Waals surface area contributed by atoms with Gasteiger partial charge in [0.2, 0.25) is 0 Å². The summed E-state index contributed by atoms with van der Waals surface area (Å²) in [6, 6.07) is 0. The van der Waals surface area contributed by atoms with Crippen LogP contribution in [0.4, 0.5) is 0 Å². The molecule has 0 aliphatic rings. The molecule has 0 spiro atoms. The van der Waals surface area contributed by atoms with Crippen LogP contribution < -0.4 is 0 Å². The standard InChI is InChI=1S/C26H58O4P2/c1-7-13-19-20-26-32(23-16-10-4,24-17-11-5,25-18-12-6)30-31(27,28-21-14-8-2)29-22-15-9-3/h7-26H2,1-6H3. The second kappa shape index (κ2) is 18.8. The summed E-state index contributed by atoms with van der Waals surface area (Å²) in [5.41, 5.74) is 0. The molecular formula is C26H58O4P2. The summed E-state index contributed by atoms with van der Waals surface area (Å²) in [5.74, 6) is 0. The van der Waals surface area contributed by atoms with Crippen molar-refractivity contribution < 1.29 is 17.9 Å². The summed E-state index contributed by atoms with van der Waals surface area (Å²) in [6.45, 7) is 11.5. The van der Waals surface area contributed by atoms with Crippen LogP contribution in [-0.4, -0.2) is 37.9 Å². The Labute approximate surface area is 202 Å². The van der Waals surface area contributed by atoms with E-state index in [2.05, 4.69) is 41.5 Å². The van der Waals surface area contributed by atoms with Crippen LogP contribution in [0.25, 0.3) is 0 Å². The zero-order chi connectivity index (χ0) is 24.2. The Kier molecular flexibility index (Phi) is 19.1. The molecule has 0 fully saturated rings. The maximum absolute atomic E-state index is 14.1. The fraction of sp³-hybridized carbons (Fsp3) is 1.00. The van der Waals surface area contributed by atoms with E-state index in [-0.39, 0.29) is 0 Å². The summed E-state index contributed by atoms with van der Waals surface area (Å²) < 4.78 is 33.2. The molecule has 0 amide bonds. The molecule has 32 heavy (non-hydrogen) atoms. The Morgan fingerprint density at radius 1 is 0.500 bits per heavy atom. The second-order valence-electron chi connectivity index (χ2n) is 9.78. The van der Waals surface area contributed by atoms with Crippen molar-refractivity contribution in [2.45, 2.75) is 131 Å². The van der Waals surface area contributed by atoms with Gasteiger partial charge in [-0.1, -0.05) is 0 Å². The fourth-order valence-electron chi connectivity index (χ4n) is 4.46. The van der Waals surface area contributed by atoms with Crippen LogP contribution in [0.3, 0.4) is 0 Å². The summed E-state index contributed by atoms with van der Waals surface area (Å²) in [4.78, 5) is 0. The monoisotopic (exact) mass is 496 g/mol. The van der Waals surface area contributed by atoms with Crippen molar-refractivity contribution >= 4 is 14.7 Å². The van der Waals surface area contributed by atoms with E-state index < -0.39 is 14.7 Å². The first-order chi connectivity index (χ1) is 15.4. The van der Waals surface area contributed by atoms with Gasteiger partial charge in [-0.25, -0.2) is 0 Å². The van der Waals surface area contributed by atoms with Crippen LogP contribution >= 0.6 is 14.7 Å². The predicted molar refractivity (Wildman–Crippen MR) is 146 cm³/mol. The molecule has 0 aromatic heterocycles.